The Kier molecular flexibility index (Phi) is 5.45. The van der Waals surface area contributed by atoms with Gasteiger partial charge in [-0.05, 0) is 38.0 Å². The van der Waals surface area contributed by atoms with Gasteiger partial charge in [-0.15, -0.1) is 11.3 Å². The van der Waals surface area contributed by atoms with E-state index in [2.05, 4.69) is 32.0 Å². The van der Waals surface area contributed by atoms with Gasteiger partial charge in [-0.25, -0.2) is 15.0 Å². The fourth-order valence-electron chi connectivity index (χ4n) is 2.30. The molecule has 25 heavy (non-hydrogen) atoms. The van der Waals surface area contributed by atoms with Gasteiger partial charge in [0, 0.05) is 30.4 Å². The second-order valence-corrected chi connectivity index (χ2v) is 6.57. The van der Waals surface area contributed by atoms with Gasteiger partial charge < -0.3 is 4.84 Å². The van der Waals surface area contributed by atoms with Crippen molar-refractivity contribution < 1.29 is 4.84 Å². The monoisotopic (exact) mass is 353 g/mol. The Balaban J connectivity index is 1.75. The summed E-state index contributed by atoms with van der Waals surface area (Å²) in [6, 6.07) is 4.13. The van der Waals surface area contributed by atoms with Gasteiger partial charge in [-0.3, -0.25) is 4.98 Å². The zero-order chi connectivity index (χ0) is 17.6. The van der Waals surface area contributed by atoms with Crippen molar-refractivity contribution in [2.75, 3.05) is 0 Å². The van der Waals surface area contributed by atoms with Gasteiger partial charge in [-0.1, -0.05) is 18.5 Å². The summed E-state index contributed by atoms with van der Waals surface area (Å²) >= 11 is 1.56. The molecular formula is C18H19N5OS. The summed E-state index contributed by atoms with van der Waals surface area (Å²) in [6.45, 7) is 5.97. The molecular weight excluding hydrogens is 334 g/mol. The summed E-state index contributed by atoms with van der Waals surface area (Å²) in [5.74, 6) is 0. The van der Waals surface area contributed by atoms with Crippen LogP contribution < -0.4 is 4.84 Å². The van der Waals surface area contributed by atoms with Gasteiger partial charge in [0.05, 0.1) is 16.3 Å². The van der Waals surface area contributed by atoms with Gasteiger partial charge in [0.2, 0.25) is 0 Å². The first-order chi connectivity index (χ1) is 12.2. The van der Waals surface area contributed by atoms with Crippen molar-refractivity contribution in [1.29, 1.82) is 0 Å². The molecule has 3 aromatic rings. The summed E-state index contributed by atoms with van der Waals surface area (Å²) in [5, 5.41) is 5.07. The lowest BCUT2D eigenvalue weighted by molar-refractivity contribution is 0.312. The van der Waals surface area contributed by atoms with E-state index in [0.29, 0.717) is 0 Å². The SMILES string of the molecule is CCCc1cnc(O/N=C(\C)c2sc(-c3cccnc3)nc2C)nc1. The molecule has 0 aliphatic carbocycles. The first-order valence-corrected chi connectivity index (χ1v) is 8.89. The van der Waals surface area contributed by atoms with Gasteiger partial charge in [0.25, 0.3) is 0 Å². The van der Waals surface area contributed by atoms with Gasteiger partial charge in [-0.2, -0.15) is 0 Å². The maximum absolute atomic E-state index is 5.36. The number of nitrogens with zero attached hydrogens (tertiary/aromatic N) is 5. The highest BCUT2D eigenvalue weighted by Crippen LogP contribution is 2.27. The van der Waals surface area contributed by atoms with Crippen molar-refractivity contribution >= 4 is 17.0 Å². The van der Waals surface area contributed by atoms with E-state index in [-0.39, 0.29) is 6.01 Å². The van der Waals surface area contributed by atoms with Crippen LogP contribution in [0.3, 0.4) is 0 Å². The van der Waals surface area contributed by atoms with Crippen molar-refractivity contribution in [3.8, 4) is 16.6 Å². The van der Waals surface area contributed by atoms with Crippen molar-refractivity contribution in [2.24, 2.45) is 5.16 Å². The Labute approximate surface area is 150 Å². The van der Waals surface area contributed by atoms with Crippen LogP contribution in [0, 0.1) is 6.92 Å². The number of aryl methyl sites for hydroxylation is 2. The molecule has 0 aliphatic rings. The summed E-state index contributed by atoms with van der Waals surface area (Å²) in [5.41, 5.74) is 3.74. The fraction of sp³-hybridized carbons (Fsp3) is 0.278. The van der Waals surface area contributed by atoms with E-state index in [4.69, 9.17) is 4.84 Å². The second kappa shape index (κ2) is 7.94. The Bertz CT molecular complexity index is 859. The van der Waals surface area contributed by atoms with Gasteiger partial charge in [0.15, 0.2) is 0 Å². The maximum Gasteiger partial charge on any atom is 0.345 e. The van der Waals surface area contributed by atoms with E-state index in [1.807, 2.05) is 26.0 Å². The molecule has 128 valence electrons. The quantitative estimate of drug-likeness (QED) is 0.493. The highest BCUT2D eigenvalue weighted by atomic mass is 32.1. The standard InChI is InChI=1S/C18H19N5OS/c1-4-6-14-9-20-18(21-10-14)24-23-13(3)16-12(2)22-17(25-16)15-7-5-8-19-11-15/h5,7-11H,4,6H2,1-3H3/b23-13+. The highest BCUT2D eigenvalue weighted by molar-refractivity contribution is 7.17. The predicted molar refractivity (Wildman–Crippen MR) is 98.9 cm³/mol. The second-order valence-electron chi connectivity index (χ2n) is 5.57. The van der Waals surface area contributed by atoms with Crippen LogP contribution in [0.15, 0.2) is 42.1 Å². The fourth-order valence-corrected chi connectivity index (χ4v) is 3.30. The number of aromatic nitrogens is 4. The van der Waals surface area contributed by atoms with E-state index in [0.717, 1.165) is 45.3 Å². The number of thiazole rings is 1. The lowest BCUT2D eigenvalue weighted by Gasteiger charge is -2.00. The lowest BCUT2D eigenvalue weighted by Crippen LogP contribution is -2.00. The van der Waals surface area contributed by atoms with Crippen LogP contribution in [-0.2, 0) is 6.42 Å². The normalized spacial score (nSPS) is 11.6. The molecule has 0 atom stereocenters. The molecule has 0 bridgehead atoms. The zero-order valence-corrected chi connectivity index (χ0v) is 15.2. The number of pyridine rings is 1. The maximum atomic E-state index is 5.36. The summed E-state index contributed by atoms with van der Waals surface area (Å²) in [6.07, 6.45) is 9.11. The molecule has 7 heteroatoms. The molecule has 0 radical (unpaired) electrons. The van der Waals surface area contributed by atoms with Crippen molar-refractivity contribution in [3.63, 3.8) is 0 Å². The van der Waals surface area contributed by atoms with E-state index in [1.165, 1.54) is 0 Å². The molecule has 0 amide bonds. The molecule has 3 heterocycles. The third-order valence-electron chi connectivity index (χ3n) is 3.52. The highest BCUT2D eigenvalue weighted by Gasteiger charge is 2.12. The van der Waals surface area contributed by atoms with Crippen LogP contribution in [0.1, 0.15) is 36.4 Å². The zero-order valence-electron chi connectivity index (χ0n) is 14.4. The predicted octanol–water partition coefficient (Wildman–Crippen LogP) is 4.06. The smallest absolute Gasteiger partial charge is 0.315 e. The average molecular weight is 353 g/mol. The number of hydrogen-bond acceptors (Lipinski definition) is 7. The Morgan fingerprint density at radius 1 is 1.24 bits per heavy atom. The van der Waals surface area contributed by atoms with E-state index >= 15 is 0 Å². The topological polar surface area (TPSA) is 73.2 Å². The summed E-state index contributed by atoms with van der Waals surface area (Å²) in [4.78, 5) is 23.4. The minimum absolute atomic E-state index is 0.244. The molecule has 3 aromatic heterocycles. The van der Waals surface area contributed by atoms with E-state index in [9.17, 15) is 0 Å². The molecule has 0 saturated heterocycles. The summed E-state index contributed by atoms with van der Waals surface area (Å²) < 4.78 is 0. The summed E-state index contributed by atoms with van der Waals surface area (Å²) in [7, 11) is 0. The van der Waals surface area contributed by atoms with E-state index in [1.54, 1.807) is 36.1 Å². The van der Waals surface area contributed by atoms with Crippen LogP contribution in [0.25, 0.3) is 10.6 Å². The number of hydrogen-bond donors (Lipinski definition) is 0. The molecule has 0 spiro atoms. The Morgan fingerprint density at radius 2 is 2.04 bits per heavy atom. The van der Waals surface area contributed by atoms with Crippen molar-refractivity contribution in [2.45, 2.75) is 33.6 Å². The van der Waals surface area contributed by atoms with Crippen molar-refractivity contribution in [1.82, 2.24) is 19.9 Å². The molecule has 0 aliphatic heterocycles. The number of oxime groups is 1. The van der Waals surface area contributed by atoms with Crippen molar-refractivity contribution in [3.05, 3.63) is 53.1 Å². The van der Waals surface area contributed by atoms with Gasteiger partial charge in [0.1, 0.15) is 5.01 Å². The molecule has 0 N–H and O–H groups in total. The molecule has 6 nitrogen and oxygen atoms in total. The molecule has 3 rings (SSSR count). The molecule has 0 fully saturated rings. The van der Waals surface area contributed by atoms with E-state index < -0.39 is 0 Å². The van der Waals surface area contributed by atoms with Crippen LogP contribution in [-0.4, -0.2) is 25.6 Å². The third kappa shape index (κ3) is 4.24. The van der Waals surface area contributed by atoms with Crippen LogP contribution in [0.4, 0.5) is 0 Å². The first-order valence-electron chi connectivity index (χ1n) is 8.08. The van der Waals surface area contributed by atoms with Crippen LogP contribution >= 0.6 is 11.3 Å². The largest absolute Gasteiger partial charge is 0.345 e. The minimum atomic E-state index is 0.244. The van der Waals surface area contributed by atoms with Crippen LogP contribution in [0.5, 0.6) is 6.01 Å². The Hall–Kier alpha value is -2.67. The Morgan fingerprint density at radius 3 is 2.72 bits per heavy atom. The lowest BCUT2D eigenvalue weighted by atomic mass is 10.2. The van der Waals surface area contributed by atoms with Gasteiger partial charge >= 0.3 is 6.01 Å². The molecule has 0 saturated carbocycles. The average Bonchev–Trinajstić information content (AvgIpc) is 3.04. The molecule has 0 aromatic carbocycles. The molecule has 0 unspecified atom stereocenters. The van der Waals surface area contributed by atoms with Crippen LogP contribution in [0.2, 0.25) is 0 Å². The third-order valence-corrected chi connectivity index (χ3v) is 4.83. The first kappa shape index (κ1) is 17.2. The number of rotatable bonds is 6. The minimum Gasteiger partial charge on any atom is -0.315 e.